The van der Waals surface area contributed by atoms with E-state index in [0.29, 0.717) is 24.7 Å². The molecule has 2 aromatic carbocycles. The number of nitro groups is 1. The number of fused-ring (bicyclic) bond motifs is 1. The quantitative estimate of drug-likeness (QED) is 0.655. The van der Waals surface area contributed by atoms with Crippen LogP contribution in [0.4, 0.5) is 16.2 Å². The summed E-state index contributed by atoms with van der Waals surface area (Å²) in [6, 6.07) is 10.6. The molecule has 0 unspecified atom stereocenters. The Hall–Kier alpha value is -3.29. The van der Waals surface area contributed by atoms with Crippen molar-refractivity contribution in [2.45, 2.75) is 13.0 Å². The van der Waals surface area contributed by atoms with Crippen molar-refractivity contribution in [1.82, 2.24) is 5.32 Å². The third kappa shape index (κ3) is 3.79. The van der Waals surface area contributed by atoms with Crippen molar-refractivity contribution >= 4 is 17.4 Å². The molecule has 8 heteroatoms. The van der Waals surface area contributed by atoms with E-state index in [-0.39, 0.29) is 17.4 Å². The zero-order valence-electron chi connectivity index (χ0n) is 13.5. The number of anilines is 1. The number of nitrogens with one attached hydrogen (secondary N) is 2. The zero-order valence-corrected chi connectivity index (χ0v) is 13.5. The lowest BCUT2D eigenvalue weighted by molar-refractivity contribution is -0.383. The highest BCUT2D eigenvalue weighted by Gasteiger charge is 2.18. The van der Waals surface area contributed by atoms with Gasteiger partial charge in [0.1, 0.15) is 18.9 Å². The lowest BCUT2D eigenvalue weighted by Crippen LogP contribution is -2.31. The summed E-state index contributed by atoms with van der Waals surface area (Å²) in [6.07, 6.45) is 0. The highest BCUT2D eigenvalue weighted by atomic mass is 16.6. The Morgan fingerprint density at radius 1 is 1.16 bits per heavy atom. The maximum absolute atomic E-state index is 12.2. The summed E-state index contributed by atoms with van der Waals surface area (Å²) in [4.78, 5) is 22.6. The van der Waals surface area contributed by atoms with Gasteiger partial charge in [-0.25, -0.2) is 4.79 Å². The molecule has 25 heavy (non-hydrogen) atoms. The first-order chi connectivity index (χ1) is 12.0. The van der Waals surface area contributed by atoms with Gasteiger partial charge in [0.25, 0.3) is 5.69 Å². The Bertz CT molecular complexity index is 809. The van der Waals surface area contributed by atoms with Crippen LogP contribution in [0.15, 0.2) is 42.5 Å². The van der Waals surface area contributed by atoms with E-state index in [2.05, 4.69) is 10.6 Å². The van der Waals surface area contributed by atoms with Gasteiger partial charge in [0.2, 0.25) is 0 Å². The minimum absolute atomic E-state index is 0.138. The van der Waals surface area contributed by atoms with Gasteiger partial charge >= 0.3 is 6.03 Å². The molecule has 1 atom stereocenters. The molecule has 1 aliphatic rings. The lowest BCUT2D eigenvalue weighted by atomic mass is 10.1. The van der Waals surface area contributed by atoms with E-state index in [9.17, 15) is 14.9 Å². The molecule has 0 saturated heterocycles. The van der Waals surface area contributed by atoms with Crippen LogP contribution >= 0.6 is 0 Å². The van der Waals surface area contributed by atoms with Crippen LogP contribution in [0.3, 0.4) is 0 Å². The molecule has 0 spiro atoms. The van der Waals surface area contributed by atoms with E-state index in [0.717, 1.165) is 5.56 Å². The molecule has 1 aliphatic heterocycles. The van der Waals surface area contributed by atoms with Crippen LogP contribution < -0.4 is 20.1 Å². The van der Waals surface area contributed by atoms with Crippen molar-refractivity contribution in [3.05, 3.63) is 58.1 Å². The number of para-hydroxylation sites is 2. The molecule has 2 amide bonds. The average Bonchev–Trinajstić information content (AvgIpc) is 2.61. The van der Waals surface area contributed by atoms with Gasteiger partial charge < -0.3 is 20.1 Å². The van der Waals surface area contributed by atoms with Crippen molar-refractivity contribution in [1.29, 1.82) is 0 Å². The number of benzene rings is 2. The fourth-order valence-corrected chi connectivity index (χ4v) is 2.51. The third-order valence-electron chi connectivity index (χ3n) is 3.76. The Balaban J connectivity index is 1.68. The summed E-state index contributed by atoms with van der Waals surface area (Å²) in [5, 5.41) is 16.2. The van der Waals surface area contributed by atoms with Gasteiger partial charge in [0, 0.05) is 6.07 Å². The third-order valence-corrected chi connectivity index (χ3v) is 3.76. The molecule has 130 valence electrons. The number of nitro benzene ring substituents is 1. The van der Waals surface area contributed by atoms with E-state index in [1.165, 1.54) is 12.1 Å². The minimum Gasteiger partial charge on any atom is -0.486 e. The second-order valence-corrected chi connectivity index (χ2v) is 5.50. The van der Waals surface area contributed by atoms with E-state index in [1.807, 2.05) is 19.1 Å². The zero-order chi connectivity index (χ0) is 17.8. The van der Waals surface area contributed by atoms with Gasteiger partial charge in [-0.05, 0) is 30.7 Å². The number of carbonyl (C=O) groups is 1. The van der Waals surface area contributed by atoms with Gasteiger partial charge in [-0.1, -0.05) is 18.2 Å². The molecule has 3 rings (SSSR count). The molecule has 1 heterocycles. The Morgan fingerprint density at radius 3 is 2.64 bits per heavy atom. The second-order valence-electron chi connectivity index (χ2n) is 5.50. The summed E-state index contributed by atoms with van der Waals surface area (Å²) < 4.78 is 11.0. The predicted octanol–water partition coefficient (Wildman–Crippen LogP) is 3.25. The highest BCUT2D eigenvalue weighted by Crippen LogP contribution is 2.32. The molecule has 0 fully saturated rings. The van der Waals surface area contributed by atoms with E-state index in [1.54, 1.807) is 18.2 Å². The summed E-state index contributed by atoms with van der Waals surface area (Å²) in [5.74, 6) is 1.31. The van der Waals surface area contributed by atoms with E-state index < -0.39 is 11.0 Å². The Kier molecular flexibility index (Phi) is 4.69. The molecule has 0 saturated carbocycles. The standard InChI is InChI=1S/C17H17N3O5/c1-11(12-6-7-15-16(10-12)25-9-8-24-15)18-17(21)19-13-4-2-3-5-14(13)20(22)23/h2-7,10-11H,8-9H2,1H3,(H2,18,19,21)/t11-/m1/s1. The fourth-order valence-electron chi connectivity index (χ4n) is 2.51. The molecule has 0 bridgehead atoms. The number of nitrogens with zero attached hydrogens (tertiary/aromatic N) is 1. The first kappa shape index (κ1) is 16.6. The Labute approximate surface area is 143 Å². The van der Waals surface area contributed by atoms with Crippen molar-refractivity contribution in [2.24, 2.45) is 0 Å². The summed E-state index contributed by atoms with van der Waals surface area (Å²) in [6.45, 7) is 2.80. The van der Waals surface area contributed by atoms with Crippen LogP contribution in [0, 0.1) is 10.1 Å². The number of carbonyl (C=O) groups excluding carboxylic acids is 1. The van der Waals surface area contributed by atoms with Gasteiger partial charge in [-0.15, -0.1) is 0 Å². The van der Waals surface area contributed by atoms with Crippen LogP contribution in [0.1, 0.15) is 18.5 Å². The molecule has 8 nitrogen and oxygen atoms in total. The monoisotopic (exact) mass is 343 g/mol. The largest absolute Gasteiger partial charge is 0.486 e. The maximum atomic E-state index is 12.2. The molecular formula is C17H17N3O5. The Morgan fingerprint density at radius 2 is 1.88 bits per heavy atom. The first-order valence-corrected chi connectivity index (χ1v) is 7.75. The molecule has 2 aromatic rings. The number of amides is 2. The molecular weight excluding hydrogens is 326 g/mol. The topological polar surface area (TPSA) is 103 Å². The number of hydrogen-bond acceptors (Lipinski definition) is 5. The summed E-state index contributed by atoms with van der Waals surface area (Å²) >= 11 is 0. The van der Waals surface area contributed by atoms with Gasteiger partial charge in [-0.2, -0.15) is 0 Å². The molecule has 0 aliphatic carbocycles. The summed E-state index contributed by atoms with van der Waals surface area (Å²) in [7, 11) is 0. The highest BCUT2D eigenvalue weighted by molar-refractivity contribution is 5.92. The molecule has 0 radical (unpaired) electrons. The van der Waals surface area contributed by atoms with Crippen LogP contribution in [0.2, 0.25) is 0 Å². The lowest BCUT2D eigenvalue weighted by Gasteiger charge is -2.21. The van der Waals surface area contributed by atoms with E-state index >= 15 is 0 Å². The van der Waals surface area contributed by atoms with Crippen molar-refractivity contribution < 1.29 is 19.2 Å². The number of urea groups is 1. The fraction of sp³-hybridized carbons (Fsp3) is 0.235. The molecule has 0 aromatic heterocycles. The van der Waals surface area contributed by atoms with Gasteiger partial charge in [0.05, 0.1) is 11.0 Å². The minimum atomic E-state index is -0.542. The van der Waals surface area contributed by atoms with Gasteiger partial charge in [0.15, 0.2) is 11.5 Å². The molecule has 2 N–H and O–H groups in total. The smallest absolute Gasteiger partial charge is 0.319 e. The maximum Gasteiger partial charge on any atom is 0.319 e. The SMILES string of the molecule is C[C@@H](NC(=O)Nc1ccccc1[N+](=O)[O-])c1ccc2c(c1)OCCO2. The van der Waals surface area contributed by atoms with Crippen LogP contribution in [-0.4, -0.2) is 24.2 Å². The van der Waals surface area contributed by atoms with Crippen LogP contribution in [-0.2, 0) is 0 Å². The van der Waals surface area contributed by atoms with Crippen LogP contribution in [0.5, 0.6) is 11.5 Å². The summed E-state index contributed by atoms with van der Waals surface area (Å²) in [5.41, 5.74) is 0.811. The average molecular weight is 343 g/mol. The van der Waals surface area contributed by atoms with Crippen molar-refractivity contribution in [3.63, 3.8) is 0 Å². The number of rotatable bonds is 4. The second kappa shape index (κ2) is 7.08. The normalized spacial score (nSPS) is 13.6. The number of ether oxygens (including phenoxy) is 2. The number of hydrogen-bond donors (Lipinski definition) is 2. The van der Waals surface area contributed by atoms with Crippen LogP contribution in [0.25, 0.3) is 0 Å². The van der Waals surface area contributed by atoms with E-state index in [4.69, 9.17) is 9.47 Å². The predicted molar refractivity (Wildman–Crippen MR) is 91.1 cm³/mol. The van der Waals surface area contributed by atoms with Crippen molar-refractivity contribution in [3.8, 4) is 11.5 Å². The van der Waals surface area contributed by atoms with Crippen molar-refractivity contribution in [2.75, 3.05) is 18.5 Å². The van der Waals surface area contributed by atoms with Gasteiger partial charge in [-0.3, -0.25) is 10.1 Å². The first-order valence-electron chi connectivity index (χ1n) is 7.75.